The van der Waals surface area contributed by atoms with Crippen molar-refractivity contribution in [3.63, 3.8) is 0 Å². The lowest BCUT2D eigenvalue weighted by atomic mass is 9.99. The number of anilines is 2. The van der Waals surface area contributed by atoms with Crippen molar-refractivity contribution in [2.75, 3.05) is 10.6 Å². The standard InChI is InChI=1S/C25H20ClF3N4O2S/c26-15-8-9-18(16(11-15)22(34)14-5-2-1-3-6-14)32-24(35)17-13-30-33-21(25(27,28)29)12-19(31-23(17)33)20-7-4-10-36-20/h1-11,13,19,21-22,31,34H,12H2,(H,32,35)/t19-,21+,22+/m1/s1. The first-order valence-electron chi connectivity index (χ1n) is 11.0. The molecule has 0 radical (unpaired) electrons. The summed E-state index contributed by atoms with van der Waals surface area (Å²) in [5, 5.41) is 22.8. The van der Waals surface area contributed by atoms with Crippen LogP contribution in [0.15, 0.2) is 72.2 Å². The van der Waals surface area contributed by atoms with Crippen LogP contribution in [0.4, 0.5) is 24.7 Å². The number of rotatable bonds is 5. The number of aliphatic hydroxyl groups is 1. The Morgan fingerprint density at radius 2 is 1.97 bits per heavy atom. The van der Waals surface area contributed by atoms with E-state index in [9.17, 15) is 23.1 Å². The van der Waals surface area contributed by atoms with Crippen LogP contribution in [0, 0.1) is 0 Å². The molecular weight excluding hydrogens is 513 g/mol. The van der Waals surface area contributed by atoms with Gasteiger partial charge in [0.2, 0.25) is 0 Å². The Bertz CT molecular complexity index is 1380. The number of nitrogens with one attached hydrogen (secondary N) is 2. The molecule has 3 N–H and O–H groups in total. The molecule has 1 aliphatic heterocycles. The second kappa shape index (κ2) is 9.61. The molecule has 3 atom stereocenters. The Morgan fingerprint density at radius 1 is 1.19 bits per heavy atom. The first kappa shape index (κ1) is 24.4. The first-order valence-corrected chi connectivity index (χ1v) is 12.3. The van der Waals surface area contributed by atoms with Crippen molar-refractivity contribution in [1.29, 1.82) is 0 Å². The maximum atomic E-state index is 13.9. The molecule has 36 heavy (non-hydrogen) atoms. The van der Waals surface area contributed by atoms with Gasteiger partial charge in [-0.05, 0) is 35.2 Å². The first-order chi connectivity index (χ1) is 17.2. The summed E-state index contributed by atoms with van der Waals surface area (Å²) in [7, 11) is 0. The highest BCUT2D eigenvalue weighted by Gasteiger charge is 2.47. The van der Waals surface area contributed by atoms with Crippen molar-refractivity contribution in [3.05, 3.63) is 98.8 Å². The zero-order valence-electron chi connectivity index (χ0n) is 18.5. The molecule has 0 aliphatic carbocycles. The lowest BCUT2D eigenvalue weighted by Gasteiger charge is -2.33. The largest absolute Gasteiger partial charge is 0.410 e. The number of halogens is 4. The van der Waals surface area contributed by atoms with Crippen molar-refractivity contribution in [2.24, 2.45) is 0 Å². The van der Waals surface area contributed by atoms with Crippen molar-refractivity contribution in [2.45, 2.75) is 30.8 Å². The summed E-state index contributed by atoms with van der Waals surface area (Å²) < 4.78 is 42.5. The molecule has 1 aliphatic rings. The van der Waals surface area contributed by atoms with E-state index < -0.39 is 30.3 Å². The Hall–Kier alpha value is -3.34. The van der Waals surface area contributed by atoms with Gasteiger partial charge in [-0.25, -0.2) is 4.68 Å². The van der Waals surface area contributed by atoms with Crippen LogP contribution in [-0.2, 0) is 0 Å². The monoisotopic (exact) mass is 532 g/mol. The van der Waals surface area contributed by atoms with E-state index in [4.69, 9.17) is 11.6 Å². The van der Waals surface area contributed by atoms with Gasteiger partial charge in [0, 0.05) is 27.6 Å². The minimum Gasteiger partial charge on any atom is -0.384 e. The summed E-state index contributed by atoms with van der Waals surface area (Å²) in [5.74, 6) is -0.682. The van der Waals surface area contributed by atoms with Crippen LogP contribution in [0.1, 0.15) is 51.0 Å². The van der Waals surface area contributed by atoms with E-state index in [1.165, 1.54) is 23.5 Å². The minimum absolute atomic E-state index is 0.0152. The van der Waals surface area contributed by atoms with Gasteiger partial charge in [-0.1, -0.05) is 48.0 Å². The molecule has 2 aromatic heterocycles. The third-order valence-corrected chi connectivity index (χ3v) is 7.26. The van der Waals surface area contributed by atoms with Crippen molar-refractivity contribution in [1.82, 2.24) is 9.78 Å². The third kappa shape index (κ3) is 4.71. The van der Waals surface area contributed by atoms with E-state index in [1.807, 2.05) is 6.07 Å². The molecule has 5 rings (SSSR count). The molecule has 0 spiro atoms. The van der Waals surface area contributed by atoms with E-state index in [-0.39, 0.29) is 23.5 Å². The van der Waals surface area contributed by atoms with E-state index in [0.717, 1.165) is 15.8 Å². The van der Waals surface area contributed by atoms with Gasteiger partial charge in [0.15, 0.2) is 6.04 Å². The predicted octanol–water partition coefficient (Wildman–Crippen LogP) is 6.59. The molecule has 0 saturated carbocycles. The predicted molar refractivity (Wildman–Crippen MR) is 133 cm³/mol. The quantitative estimate of drug-likeness (QED) is 0.271. The van der Waals surface area contributed by atoms with E-state index in [2.05, 4.69) is 15.7 Å². The second-order valence-electron chi connectivity index (χ2n) is 8.36. The fourth-order valence-corrected chi connectivity index (χ4v) is 5.25. The smallest absolute Gasteiger partial charge is 0.384 e. The van der Waals surface area contributed by atoms with Crippen LogP contribution >= 0.6 is 22.9 Å². The Labute approximate surface area is 213 Å². The minimum atomic E-state index is -4.55. The average molecular weight is 533 g/mol. The van der Waals surface area contributed by atoms with Gasteiger partial charge < -0.3 is 15.7 Å². The average Bonchev–Trinajstić information content (AvgIpc) is 3.54. The number of hydrogen-bond donors (Lipinski definition) is 3. The van der Waals surface area contributed by atoms with Crippen LogP contribution in [-0.4, -0.2) is 27.0 Å². The maximum absolute atomic E-state index is 13.9. The number of thiophene rings is 1. The van der Waals surface area contributed by atoms with Crippen molar-refractivity contribution >= 4 is 40.4 Å². The van der Waals surface area contributed by atoms with Crippen LogP contribution in [0.2, 0.25) is 5.02 Å². The number of aromatic nitrogens is 2. The molecule has 2 aromatic carbocycles. The molecule has 6 nitrogen and oxygen atoms in total. The Kier molecular flexibility index (Phi) is 6.50. The van der Waals surface area contributed by atoms with Crippen LogP contribution in [0.25, 0.3) is 0 Å². The number of hydrogen-bond acceptors (Lipinski definition) is 5. The summed E-state index contributed by atoms with van der Waals surface area (Å²) in [6.45, 7) is 0. The highest BCUT2D eigenvalue weighted by molar-refractivity contribution is 7.10. The van der Waals surface area contributed by atoms with Gasteiger partial charge in [-0.2, -0.15) is 18.3 Å². The number of fused-ring (bicyclic) bond motifs is 1. The normalized spacial score (nSPS) is 18.2. The second-order valence-corrected chi connectivity index (χ2v) is 9.77. The molecule has 0 unspecified atom stereocenters. The van der Waals surface area contributed by atoms with Crippen molar-refractivity contribution < 1.29 is 23.1 Å². The summed E-state index contributed by atoms with van der Waals surface area (Å²) >= 11 is 7.49. The number of amides is 1. The number of carbonyl (C=O) groups is 1. The summed E-state index contributed by atoms with van der Waals surface area (Å²) in [6.07, 6.45) is -4.76. The lowest BCUT2D eigenvalue weighted by Crippen LogP contribution is -2.36. The van der Waals surface area contributed by atoms with Gasteiger partial charge in [-0.15, -0.1) is 11.3 Å². The van der Waals surface area contributed by atoms with Gasteiger partial charge in [0.25, 0.3) is 5.91 Å². The molecule has 0 fully saturated rings. The zero-order valence-corrected chi connectivity index (χ0v) is 20.1. The van der Waals surface area contributed by atoms with Crippen LogP contribution in [0.3, 0.4) is 0 Å². The molecule has 11 heteroatoms. The van der Waals surface area contributed by atoms with Crippen LogP contribution in [0.5, 0.6) is 0 Å². The van der Waals surface area contributed by atoms with Gasteiger partial charge in [0.05, 0.1) is 12.2 Å². The highest BCUT2D eigenvalue weighted by atomic mass is 35.5. The SMILES string of the molecule is O=C(Nc1ccc(Cl)cc1[C@@H](O)c1ccccc1)c1cnn2c1N[C@@H](c1cccs1)C[C@H]2C(F)(F)F. The van der Waals surface area contributed by atoms with E-state index >= 15 is 0 Å². The molecule has 0 saturated heterocycles. The maximum Gasteiger partial charge on any atom is 0.410 e. The molecule has 4 aromatic rings. The molecule has 0 bridgehead atoms. The summed E-state index contributed by atoms with van der Waals surface area (Å²) in [5.41, 5.74) is 1.17. The zero-order chi connectivity index (χ0) is 25.4. The fourth-order valence-electron chi connectivity index (χ4n) is 4.28. The number of alkyl halides is 3. The summed E-state index contributed by atoms with van der Waals surface area (Å²) in [4.78, 5) is 14.0. The summed E-state index contributed by atoms with van der Waals surface area (Å²) in [6, 6.07) is 14.5. The Morgan fingerprint density at radius 3 is 2.67 bits per heavy atom. The Balaban J connectivity index is 1.48. The number of carbonyl (C=O) groups excluding carboxylic acids is 1. The van der Waals surface area contributed by atoms with Gasteiger partial charge in [-0.3, -0.25) is 4.79 Å². The van der Waals surface area contributed by atoms with Crippen molar-refractivity contribution in [3.8, 4) is 0 Å². The molecule has 1 amide bonds. The highest BCUT2D eigenvalue weighted by Crippen LogP contribution is 2.45. The molecular formula is C25H20ClF3N4O2S. The number of nitrogens with zero attached hydrogens (tertiary/aromatic N) is 2. The van der Waals surface area contributed by atoms with Gasteiger partial charge in [0.1, 0.15) is 17.5 Å². The van der Waals surface area contributed by atoms with Crippen LogP contribution < -0.4 is 10.6 Å². The fraction of sp³-hybridized carbons (Fsp3) is 0.200. The van der Waals surface area contributed by atoms with Gasteiger partial charge >= 0.3 is 6.18 Å². The third-order valence-electron chi connectivity index (χ3n) is 6.04. The lowest BCUT2D eigenvalue weighted by molar-refractivity contribution is -0.173. The topological polar surface area (TPSA) is 79.2 Å². The molecule has 3 heterocycles. The number of benzene rings is 2. The van der Waals surface area contributed by atoms with E-state index in [1.54, 1.807) is 47.8 Å². The van der Waals surface area contributed by atoms with E-state index in [0.29, 0.717) is 16.1 Å². The molecule has 186 valence electrons. The number of aliphatic hydroxyl groups excluding tert-OH is 1.